The van der Waals surface area contributed by atoms with E-state index >= 15 is 0 Å². The number of hydrogen-bond donors (Lipinski definition) is 1. The van der Waals surface area contributed by atoms with E-state index in [2.05, 4.69) is 41.4 Å². The number of nitrogens with one attached hydrogen (secondary N) is 1. The van der Waals surface area contributed by atoms with Crippen molar-refractivity contribution >= 4 is 11.6 Å². The first-order valence-corrected chi connectivity index (χ1v) is 8.08. The molecule has 3 rings (SSSR count). The number of hydrogen-bond acceptors (Lipinski definition) is 3. The summed E-state index contributed by atoms with van der Waals surface area (Å²) in [6, 6.07) is 8.82. The fraction of sp³-hybridized carbons (Fsp3) is 0.588. The maximum atomic E-state index is 12.6. The van der Waals surface area contributed by atoms with Crippen LogP contribution in [-0.4, -0.2) is 43.0 Å². The molecular weight excluding hydrogens is 262 g/mol. The fourth-order valence-electron chi connectivity index (χ4n) is 3.30. The molecule has 1 saturated heterocycles. The summed E-state index contributed by atoms with van der Waals surface area (Å²) in [5.74, 6) is 0.276. The summed E-state index contributed by atoms with van der Waals surface area (Å²) >= 11 is 0. The highest BCUT2D eigenvalue weighted by Gasteiger charge is 2.23. The van der Waals surface area contributed by atoms with Gasteiger partial charge in [-0.15, -0.1) is 0 Å². The number of piperidine rings is 1. The van der Waals surface area contributed by atoms with Crippen LogP contribution >= 0.6 is 0 Å². The van der Waals surface area contributed by atoms with Crippen LogP contribution in [0.25, 0.3) is 0 Å². The van der Waals surface area contributed by atoms with Crippen molar-refractivity contribution in [1.82, 2.24) is 10.2 Å². The minimum absolute atomic E-state index is 0.276. The van der Waals surface area contributed by atoms with Gasteiger partial charge < -0.3 is 15.1 Å². The van der Waals surface area contributed by atoms with Gasteiger partial charge in [0.1, 0.15) is 0 Å². The van der Waals surface area contributed by atoms with Crippen LogP contribution in [0.5, 0.6) is 0 Å². The molecule has 0 bridgehead atoms. The Bertz CT molecular complexity index is 497. The molecule has 1 atom stereocenters. The second-order valence-electron chi connectivity index (χ2n) is 6.23. The zero-order chi connectivity index (χ0) is 14.7. The highest BCUT2D eigenvalue weighted by molar-refractivity contribution is 5.82. The van der Waals surface area contributed by atoms with Gasteiger partial charge in [-0.3, -0.25) is 4.79 Å². The summed E-state index contributed by atoms with van der Waals surface area (Å²) in [5, 5.41) is 3.52. The number of carbonyl (C=O) groups excluding carboxylic acids is 1. The Morgan fingerprint density at radius 1 is 1.24 bits per heavy atom. The van der Waals surface area contributed by atoms with Crippen LogP contribution in [0.2, 0.25) is 0 Å². The third-order valence-corrected chi connectivity index (χ3v) is 4.50. The number of para-hydroxylation sites is 1. The van der Waals surface area contributed by atoms with Gasteiger partial charge in [-0.2, -0.15) is 0 Å². The topological polar surface area (TPSA) is 35.6 Å². The Morgan fingerprint density at radius 2 is 2.00 bits per heavy atom. The van der Waals surface area contributed by atoms with E-state index in [4.69, 9.17) is 0 Å². The summed E-state index contributed by atoms with van der Waals surface area (Å²) in [6.07, 6.45) is 3.57. The van der Waals surface area contributed by atoms with Gasteiger partial charge in [0.05, 0.1) is 6.54 Å². The lowest BCUT2D eigenvalue weighted by molar-refractivity contribution is -0.130. The van der Waals surface area contributed by atoms with Crippen LogP contribution in [0.3, 0.4) is 0 Å². The summed E-state index contributed by atoms with van der Waals surface area (Å²) < 4.78 is 0. The molecule has 1 aromatic rings. The minimum Gasteiger partial charge on any atom is -0.360 e. The fourth-order valence-corrected chi connectivity index (χ4v) is 3.30. The molecule has 2 aliphatic rings. The average Bonchev–Trinajstić information content (AvgIpc) is 2.68. The van der Waals surface area contributed by atoms with Crippen LogP contribution < -0.4 is 10.2 Å². The average molecular weight is 287 g/mol. The Hall–Kier alpha value is -1.55. The molecule has 4 heteroatoms. The third kappa shape index (κ3) is 3.38. The lowest BCUT2D eigenvalue weighted by Gasteiger charge is -2.31. The van der Waals surface area contributed by atoms with Gasteiger partial charge in [-0.05, 0) is 37.8 Å². The van der Waals surface area contributed by atoms with Crippen LogP contribution in [0, 0.1) is 0 Å². The van der Waals surface area contributed by atoms with Crippen LogP contribution in [-0.2, 0) is 11.3 Å². The molecular formula is C17H25N3O. The second-order valence-corrected chi connectivity index (χ2v) is 6.23. The third-order valence-electron chi connectivity index (χ3n) is 4.50. The molecule has 2 heterocycles. The number of benzene rings is 1. The first-order valence-electron chi connectivity index (χ1n) is 8.08. The molecule has 0 radical (unpaired) electrons. The molecule has 21 heavy (non-hydrogen) atoms. The molecule has 1 amide bonds. The quantitative estimate of drug-likeness (QED) is 0.903. The van der Waals surface area contributed by atoms with Crippen molar-refractivity contribution < 1.29 is 4.79 Å². The maximum Gasteiger partial charge on any atom is 0.242 e. The van der Waals surface area contributed by atoms with Crippen LogP contribution in [0.4, 0.5) is 5.69 Å². The molecule has 1 aromatic carbocycles. The number of likely N-dealkylation sites (tertiary alicyclic amines) is 1. The number of rotatable bonds is 2. The summed E-state index contributed by atoms with van der Waals surface area (Å²) in [6.45, 7) is 6.32. The molecule has 114 valence electrons. The lowest BCUT2D eigenvalue weighted by Crippen LogP contribution is -2.45. The largest absolute Gasteiger partial charge is 0.360 e. The SMILES string of the molecule is CC1CN(CC(=O)N2CCCCC2)c2ccccc2CN1. The lowest BCUT2D eigenvalue weighted by atomic mass is 10.1. The van der Waals surface area contributed by atoms with E-state index < -0.39 is 0 Å². The molecule has 1 fully saturated rings. The highest BCUT2D eigenvalue weighted by Crippen LogP contribution is 2.23. The Balaban J connectivity index is 1.74. The Morgan fingerprint density at radius 3 is 2.81 bits per heavy atom. The van der Waals surface area contributed by atoms with E-state index in [1.165, 1.54) is 17.7 Å². The van der Waals surface area contributed by atoms with E-state index in [0.717, 1.165) is 39.0 Å². The highest BCUT2D eigenvalue weighted by atomic mass is 16.2. The standard InChI is InChI=1S/C17H25N3O/c1-14-12-20(13-17(21)19-9-5-2-6-10-19)16-8-4-3-7-15(16)11-18-14/h3-4,7-8,14,18H,2,5-6,9-13H2,1H3. The number of nitrogens with zero attached hydrogens (tertiary/aromatic N) is 2. The first-order chi connectivity index (χ1) is 10.2. The number of amides is 1. The van der Waals surface area contributed by atoms with Crippen LogP contribution in [0.15, 0.2) is 24.3 Å². The van der Waals surface area contributed by atoms with E-state index in [9.17, 15) is 4.79 Å². The summed E-state index contributed by atoms with van der Waals surface area (Å²) in [5.41, 5.74) is 2.49. The van der Waals surface area contributed by atoms with Crippen molar-refractivity contribution in [1.29, 1.82) is 0 Å². The predicted octanol–water partition coefficient (Wildman–Crippen LogP) is 2.00. The molecule has 0 aromatic heterocycles. The Kier molecular flexibility index (Phi) is 4.44. The maximum absolute atomic E-state index is 12.6. The van der Waals surface area contributed by atoms with E-state index in [1.807, 2.05) is 4.90 Å². The summed E-state index contributed by atoms with van der Waals surface area (Å²) in [4.78, 5) is 16.8. The van der Waals surface area contributed by atoms with Crippen LogP contribution in [0.1, 0.15) is 31.7 Å². The molecule has 0 spiro atoms. The first kappa shape index (κ1) is 14.4. The van der Waals surface area contributed by atoms with E-state index in [0.29, 0.717) is 12.6 Å². The number of anilines is 1. The normalized spacial score (nSPS) is 22.6. The number of fused-ring (bicyclic) bond motifs is 1. The van der Waals surface area contributed by atoms with Gasteiger partial charge in [0.25, 0.3) is 0 Å². The number of carbonyl (C=O) groups is 1. The van der Waals surface area contributed by atoms with Crippen molar-refractivity contribution in [2.24, 2.45) is 0 Å². The zero-order valence-corrected chi connectivity index (χ0v) is 12.8. The van der Waals surface area contributed by atoms with Crippen molar-refractivity contribution in [3.63, 3.8) is 0 Å². The van der Waals surface area contributed by atoms with Crippen molar-refractivity contribution in [3.8, 4) is 0 Å². The monoisotopic (exact) mass is 287 g/mol. The van der Waals surface area contributed by atoms with E-state index in [-0.39, 0.29) is 5.91 Å². The molecule has 0 aliphatic carbocycles. The predicted molar refractivity (Wildman–Crippen MR) is 85.4 cm³/mol. The van der Waals surface area contributed by atoms with Crippen molar-refractivity contribution in [2.45, 2.75) is 38.8 Å². The molecule has 4 nitrogen and oxygen atoms in total. The van der Waals surface area contributed by atoms with Gasteiger partial charge in [0, 0.05) is 37.9 Å². The van der Waals surface area contributed by atoms with Gasteiger partial charge in [0.2, 0.25) is 5.91 Å². The Labute approximate surface area is 127 Å². The summed E-state index contributed by atoms with van der Waals surface area (Å²) in [7, 11) is 0. The van der Waals surface area contributed by atoms with E-state index in [1.54, 1.807) is 0 Å². The smallest absolute Gasteiger partial charge is 0.242 e. The van der Waals surface area contributed by atoms with Crippen molar-refractivity contribution in [2.75, 3.05) is 31.1 Å². The zero-order valence-electron chi connectivity index (χ0n) is 12.8. The van der Waals surface area contributed by atoms with Crippen molar-refractivity contribution in [3.05, 3.63) is 29.8 Å². The second kappa shape index (κ2) is 6.48. The molecule has 2 aliphatic heterocycles. The van der Waals surface area contributed by atoms with Gasteiger partial charge in [0.15, 0.2) is 0 Å². The van der Waals surface area contributed by atoms with Gasteiger partial charge in [-0.1, -0.05) is 18.2 Å². The van der Waals surface area contributed by atoms with Gasteiger partial charge >= 0.3 is 0 Å². The molecule has 0 saturated carbocycles. The minimum atomic E-state index is 0.276. The molecule has 1 unspecified atom stereocenters. The van der Waals surface area contributed by atoms with Gasteiger partial charge in [-0.25, -0.2) is 0 Å². The molecule has 1 N–H and O–H groups in total.